The van der Waals surface area contributed by atoms with Gasteiger partial charge in [0.15, 0.2) is 0 Å². The van der Waals surface area contributed by atoms with E-state index < -0.39 is 11.2 Å². The van der Waals surface area contributed by atoms with Crippen LogP contribution in [0.25, 0.3) is 5.69 Å². The van der Waals surface area contributed by atoms with Crippen LogP contribution < -0.4 is 0 Å². The number of ether oxygens (including phenoxy) is 1. The van der Waals surface area contributed by atoms with E-state index in [1.54, 1.807) is 10.9 Å². The molecule has 1 atom stereocenters. The SMILES string of the molecule is CC1(C)CC(O)(c2ccnn2-c2ccccc2)C(C)(C)O1. The maximum absolute atomic E-state index is 11.4. The summed E-state index contributed by atoms with van der Waals surface area (Å²) < 4.78 is 7.87. The maximum atomic E-state index is 11.4. The Hall–Kier alpha value is -1.65. The van der Waals surface area contributed by atoms with Crippen LogP contribution in [0.2, 0.25) is 0 Å². The van der Waals surface area contributed by atoms with Crippen LogP contribution in [0, 0.1) is 0 Å². The molecule has 2 aromatic rings. The summed E-state index contributed by atoms with van der Waals surface area (Å²) in [5, 5.41) is 15.8. The molecule has 21 heavy (non-hydrogen) atoms. The quantitative estimate of drug-likeness (QED) is 0.923. The Morgan fingerprint density at radius 1 is 1.10 bits per heavy atom. The van der Waals surface area contributed by atoms with Crippen LogP contribution in [0.4, 0.5) is 0 Å². The summed E-state index contributed by atoms with van der Waals surface area (Å²) in [7, 11) is 0. The lowest BCUT2D eigenvalue weighted by Crippen LogP contribution is -2.45. The average molecular weight is 286 g/mol. The van der Waals surface area contributed by atoms with Crippen LogP contribution in [0.3, 0.4) is 0 Å². The molecule has 1 N–H and O–H groups in total. The third-order valence-corrected chi connectivity index (χ3v) is 4.28. The summed E-state index contributed by atoms with van der Waals surface area (Å²) >= 11 is 0. The maximum Gasteiger partial charge on any atom is 0.138 e. The third-order valence-electron chi connectivity index (χ3n) is 4.28. The minimum atomic E-state index is -1.08. The lowest BCUT2D eigenvalue weighted by molar-refractivity contribution is -0.132. The van der Waals surface area contributed by atoms with Crippen molar-refractivity contribution in [1.29, 1.82) is 0 Å². The largest absolute Gasteiger partial charge is 0.380 e. The average Bonchev–Trinajstić information content (AvgIpc) is 2.92. The van der Waals surface area contributed by atoms with E-state index in [4.69, 9.17) is 4.74 Å². The van der Waals surface area contributed by atoms with Gasteiger partial charge in [0.25, 0.3) is 0 Å². The number of rotatable bonds is 2. The van der Waals surface area contributed by atoms with E-state index in [0.29, 0.717) is 6.42 Å². The lowest BCUT2D eigenvalue weighted by Gasteiger charge is -2.35. The van der Waals surface area contributed by atoms with Crippen molar-refractivity contribution in [3.05, 3.63) is 48.3 Å². The summed E-state index contributed by atoms with van der Waals surface area (Å²) in [5.41, 5.74) is -0.425. The molecule has 0 bridgehead atoms. The van der Waals surface area contributed by atoms with Crippen LogP contribution >= 0.6 is 0 Å². The number of aliphatic hydroxyl groups is 1. The second kappa shape index (κ2) is 4.42. The van der Waals surface area contributed by atoms with E-state index in [-0.39, 0.29) is 5.60 Å². The Morgan fingerprint density at radius 3 is 2.33 bits per heavy atom. The molecule has 1 aromatic heterocycles. The Labute approximate surface area is 125 Å². The highest BCUT2D eigenvalue weighted by atomic mass is 16.5. The summed E-state index contributed by atoms with van der Waals surface area (Å²) in [6, 6.07) is 11.7. The van der Waals surface area contributed by atoms with E-state index in [0.717, 1.165) is 11.4 Å². The molecule has 1 aliphatic rings. The molecule has 0 radical (unpaired) electrons. The highest BCUT2D eigenvalue weighted by Crippen LogP contribution is 2.50. The Morgan fingerprint density at radius 2 is 1.76 bits per heavy atom. The number of hydrogen-bond acceptors (Lipinski definition) is 3. The monoisotopic (exact) mass is 286 g/mol. The van der Waals surface area contributed by atoms with Gasteiger partial charge < -0.3 is 9.84 Å². The summed E-state index contributed by atoms with van der Waals surface area (Å²) in [5.74, 6) is 0. The number of para-hydroxylation sites is 1. The normalized spacial score (nSPS) is 26.9. The third kappa shape index (κ3) is 2.19. The molecule has 3 rings (SSSR count). The Balaban J connectivity index is 2.12. The molecule has 2 heterocycles. The molecule has 1 unspecified atom stereocenters. The van der Waals surface area contributed by atoms with Crippen molar-refractivity contribution in [3.8, 4) is 5.69 Å². The predicted octanol–water partition coefficient (Wildman–Crippen LogP) is 3.04. The first kappa shape index (κ1) is 14.3. The molecule has 1 fully saturated rings. The van der Waals surface area contributed by atoms with Crippen molar-refractivity contribution in [2.45, 2.75) is 50.9 Å². The number of nitrogens with zero attached hydrogens (tertiary/aromatic N) is 2. The van der Waals surface area contributed by atoms with Gasteiger partial charge in [-0.15, -0.1) is 0 Å². The summed E-state index contributed by atoms with van der Waals surface area (Å²) in [6.07, 6.45) is 2.26. The molecule has 1 aromatic carbocycles. The molecule has 1 saturated heterocycles. The molecule has 1 aliphatic heterocycles. The van der Waals surface area contributed by atoms with Crippen LogP contribution in [0.1, 0.15) is 39.8 Å². The van der Waals surface area contributed by atoms with Gasteiger partial charge in [-0.05, 0) is 45.9 Å². The molecule has 0 amide bonds. The van der Waals surface area contributed by atoms with Gasteiger partial charge in [-0.2, -0.15) is 5.10 Å². The van der Waals surface area contributed by atoms with Crippen molar-refractivity contribution in [2.75, 3.05) is 0 Å². The van der Waals surface area contributed by atoms with Crippen molar-refractivity contribution < 1.29 is 9.84 Å². The van der Waals surface area contributed by atoms with E-state index in [1.165, 1.54) is 0 Å². The first-order valence-corrected chi connectivity index (χ1v) is 7.28. The van der Waals surface area contributed by atoms with Gasteiger partial charge in [0.2, 0.25) is 0 Å². The number of benzene rings is 1. The first-order valence-electron chi connectivity index (χ1n) is 7.28. The Kier molecular flexibility index (Phi) is 3.01. The second-order valence-electron chi connectivity index (χ2n) is 6.87. The zero-order valence-electron chi connectivity index (χ0n) is 13.0. The standard InChI is InChI=1S/C17H22N2O2/c1-15(2)12-17(20,16(3,4)21-15)14-10-11-18-19(14)13-8-6-5-7-9-13/h5-11,20H,12H2,1-4H3. The van der Waals surface area contributed by atoms with Gasteiger partial charge in [0.05, 0.1) is 22.6 Å². The van der Waals surface area contributed by atoms with Crippen LogP contribution in [-0.2, 0) is 10.3 Å². The minimum Gasteiger partial charge on any atom is -0.380 e. The highest BCUT2D eigenvalue weighted by Gasteiger charge is 2.58. The topological polar surface area (TPSA) is 47.3 Å². The molecule has 4 heteroatoms. The fourth-order valence-corrected chi connectivity index (χ4v) is 3.43. The molecule has 4 nitrogen and oxygen atoms in total. The van der Waals surface area contributed by atoms with Gasteiger partial charge in [0, 0.05) is 12.6 Å². The van der Waals surface area contributed by atoms with Gasteiger partial charge in [-0.1, -0.05) is 18.2 Å². The predicted molar refractivity (Wildman–Crippen MR) is 81.3 cm³/mol. The zero-order chi connectivity index (χ0) is 15.3. The highest BCUT2D eigenvalue weighted by molar-refractivity contribution is 5.35. The van der Waals surface area contributed by atoms with Gasteiger partial charge in [-0.3, -0.25) is 0 Å². The van der Waals surface area contributed by atoms with Crippen molar-refractivity contribution >= 4 is 0 Å². The van der Waals surface area contributed by atoms with E-state index >= 15 is 0 Å². The van der Waals surface area contributed by atoms with Crippen LogP contribution in [0.15, 0.2) is 42.6 Å². The minimum absolute atomic E-state index is 0.371. The summed E-state index contributed by atoms with van der Waals surface area (Å²) in [4.78, 5) is 0. The van der Waals surface area contributed by atoms with E-state index in [2.05, 4.69) is 5.10 Å². The zero-order valence-corrected chi connectivity index (χ0v) is 13.0. The van der Waals surface area contributed by atoms with Gasteiger partial charge >= 0.3 is 0 Å². The molecule has 0 spiro atoms. The summed E-state index contributed by atoms with van der Waals surface area (Å²) in [6.45, 7) is 7.89. The number of hydrogen-bond donors (Lipinski definition) is 1. The van der Waals surface area contributed by atoms with Crippen LogP contribution in [0.5, 0.6) is 0 Å². The number of aromatic nitrogens is 2. The second-order valence-corrected chi connectivity index (χ2v) is 6.87. The molecular formula is C17H22N2O2. The molecule has 0 saturated carbocycles. The fraction of sp³-hybridized carbons (Fsp3) is 0.471. The molecular weight excluding hydrogens is 264 g/mol. The van der Waals surface area contributed by atoms with Crippen molar-refractivity contribution in [3.63, 3.8) is 0 Å². The van der Waals surface area contributed by atoms with Crippen molar-refractivity contribution in [1.82, 2.24) is 9.78 Å². The fourth-order valence-electron chi connectivity index (χ4n) is 3.43. The van der Waals surface area contributed by atoms with Gasteiger partial charge in [-0.25, -0.2) is 4.68 Å². The first-order chi connectivity index (χ1) is 9.75. The molecule has 0 aliphatic carbocycles. The van der Waals surface area contributed by atoms with Crippen molar-refractivity contribution in [2.24, 2.45) is 0 Å². The van der Waals surface area contributed by atoms with Crippen LogP contribution in [-0.4, -0.2) is 26.1 Å². The molecule has 112 valence electrons. The van der Waals surface area contributed by atoms with E-state index in [9.17, 15) is 5.11 Å². The lowest BCUT2D eigenvalue weighted by atomic mass is 9.80. The Bertz CT molecular complexity index is 646. The van der Waals surface area contributed by atoms with Gasteiger partial charge in [0.1, 0.15) is 5.60 Å². The smallest absolute Gasteiger partial charge is 0.138 e. The van der Waals surface area contributed by atoms with E-state index in [1.807, 2.05) is 64.1 Å².